The van der Waals surface area contributed by atoms with Crippen molar-refractivity contribution in [3.05, 3.63) is 168 Å². The Labute approximate surface area is 287 Å². The lowest BCUT2D eigenvalue weighted by atomic mass is 9.95. The molecule has 0 unspecified atom stereocenters. The molecule has 0 aliphatic heterocycles. The number of para-hydroxylation sites is 2. The fourth-order valence-corrected chi connectivity index (χ4v) is 7.40. The normalized spacial score (nSPS) is 11.1. The van der Waals surface area contributed by atoms with Crippen LogP contribution in [-0.2, 0) is 0 Å². The van der Waals surface area contributed by atoms with Crippen molar-refractivity contribution < 1.29 is 0 Å². The number of aromatic nitrogens is 2. The first-order chi connectivity index (χ1) is 24.7. The molecule has 0 saturated carbocycles. The minimum Gasteiger partial charge on any atom is -0.309 e. The van der Waals surface area contributed by atoms with Gasteiger partial charge in [-0.3, -0.25) is 0 Å². The highest BCUT2D eigenvalue weighted by atomic mass is 15.0. The summed E-state index contributed by atoms with van der Waals surface area (Å²) in [6, 6.07) is 57.9. The molecule has 5 nitrogen and oxygen atoms in total. The molecule has 7 aromatic carbocycles. The first kappa shape index (κ1) is 28.8. The smallest absolute Gasteiger partial charge is 0.0998 e. The number of benzene rings is 7. The largest absolute Gasteiger partial charge is 0.309 e. The number of nitrogens with zero attached hydrogens (tertiary/aromatic N) is 5. The van der Waals surface area contributed by atoms with Crippen LogP contribution in [-0.4, -0.2) is 9.13 Å². The maximum Gasteiger partial charge on any atom is 0.0998 e. The van der Waals surface area contributed by atoms with Crippen molar-refractivity contribution in [2.45, 2.75) is 0 Å². The number of rotatable bonds is 4. The van der Waals surface area contributed by atoms with Crippen LogP contribution < -0.4 is 0 Å². The van der Waals surface area contributed by atoms with Gasteiger partial charge in [-0.15, -0.1) is 0 Å². The highest BCUT2D eigenvalue weighted by Gasteiger charge is 2.19. The van der Waals surface area contributed by atoms with E-state index in [9.17, 15) is 15.8 Å². The van der Waals surface area contributed by atoms with E-state index < -0.39 is 0 Å². The van der Waals surface area contributed by atoms with Gasteiger partial charge in [0.1, 0.15) is 0 Å². The molecule has 2 aromatic heterocycles. The molecule has 0 radical (unpaired) electrons. The van der Waals surface area contributed by atoms with Crippen molar-refractivity contribution in [3.63, 3.8) is 0 Å². The average Bonchev–Trinajstić information content (AvgIpc) is 3.69. The summed E-state index contributed by atoms with van der Waals surface area (Å²) in [6.07, 6.45) is 0. The van der Waals surface area contributed by atoms with Gasteiger partial charge >= 0.3 is 0 Å². The summed E-state index contributed by atoms with van der Waals surface area (Å²) in [5.74, 6) is 0. The lowest BCUT2D eigenvalue weighted by Crippen LogP contribution is -1.99. The Morgan fingerprint density at radius 3 is 1.54 bits per heavy atom. The van der Waals surface area contributed by atoms with Gasteiger partial charge in [-0.2, -0.15) is 15.8 Å². The summed E-state index contributed by atoms with van der Waals surface area (Å²) in [4.78, 5) is 0. The maximum atomic E-state index is 10.3. The highest BCUT2D eigenvalue weighted by molar-refractivity contribution is 6.11. The Kier molecular flexibility index (Phi) is 6.56. The molecule has 0 saturated heterocycles. The van der Waals surface area contributed by atoms with E-state index in [-0.39, 0.29) is 0 Å². The zero-order valence-electron chi connectivity index (χ0n) is 26.7. The van der Waals surface area contributed by atoms with Gasteiger partial charge in [0, 0.05) is 32.8 Å². The van der Waals surface area contributed by atoms with E-state index in [1.54, 1.807) is 12.1 Å². The Morgan fingerprint density at radius 1 is 0.380 bits per heavy atom. The molecule has 9 rings (SSSR count). The van der Waals surface area contributed by atoms with Gasteiger partial charge in [0.15, 0.2) is 0 Å². The molecular formula is C45H25N5. The van der Waals surface area contributed by atoms with Gasteiger partial charge in [-0.1, -0.05) is 78.9 Å². The molecule has 9 aromatic rings. The van der Waals surface area contributed by atoms with E-state index in [4.69, 9.17) is 0 Å². The van der Waals surface area contributed by atoms with Crippen molar-refractivity contribution >= 4 is 43.6 Å². The monoisotopic (exact) mass is 635 g/mol. The van der Waals surface area contributed by atoms with Crippen molar-refractivity contribution in [1.29, 1.82) is 15.8 Å². The molecule has 0 aliphatic rings. The Hall–Kier alpha value is -7.39. The maximum absolute atomic E-state index is 10.3. The lowest BCUT2D eigenvalue weighted by molar-refractivity contribution is 1.18. The third kappa shape index (κ3) is 4.38. The minimum absolute atomic E-state index is 0.544. The van der Waals surface area contributed by atoms with Crippen molar-refractivity contribution in [2.24, 2.45) is 0 Å². The molecule has 0 spiro atoms. The molecular weight excluding hydrogens is 611 g/mol. The summed E-state index contributed by atoms with van der Waals surface area (Å²) in [5.41, 5.74) is 11.6. The first-order valence-electron chi connectivity index (χ1n) is 16.3. The van der Waals surface area contributed by atoms with E-state index in [1.165, 1.54) is 21.8 Å². The second-order valence-electron chi connectivity index (χ2n) is 12.3. The molecule has 0 N–H and O–H groups in total. The molecule has 0 amide bonds. The van der Waals surface area contributed by atoms with Gasteiger partial charge in [0.25, 0.3) is 0 Å². The van der Waals surface area contributed by atoms with Gasteiger partial charge in [0.05, 0.1) is 62.7 Å². The van der Waals surface area contributed by atoms with E-state index in [1.807, 2.05) is 42.5 Å². The van der Waals surface area contributed by atoms with Crippen LogP contribution in [0, 0.1) is 34.0 Å². The summed E-state index contributed by atoms with van der Waals surface area (Å²) in [6.45, 7) is 0. The summed E-state index contributed by atoms with van der Waals surface area (Å²) in [7, 11) is 0. The molecule has 0 bridgehead atoms. The molecule has 0 aliphatic carbocycles. The molecule has 0 atom stereocenters. The van der Waals surface area contributed by atoms with Crippen LogP contribution in [0.15, 0.2) is 152 Å². The summed E-state index contributed by atoms with van der Waals surface area (Å²) < 4.78 is 4.45. The third-order valence-electron chi connectivity index (χ3n) is 9.62. The second kappa shape index (κ2) is 11.4. The van der Waals surface area contributed by atoms with E-state index >= 15 is 0 Å². The topological polar surface area (TPSA) is 81.2 Å². The van der Waals surface area contributed by atoms with Crippen molar-refractivity contribution in [1.82, 2.24) is 9.13 Å². The number of fused-ring (bicyclic) bond motifs is 6. The Morgan fingerprint density at radius 2 is 0.940 bits per heavy atom. The van der Waals surface area contributed by atoms with E-state index in [2.05, 4.69) is 124 Å². The summed E-state index contributed by atoms with van der Waals surface area (Å²) >= 11 is 0. The molecule has 2 heterocycles. The molecule has 50 heavy (non-hydrogen) atoms. The predicted molar refractivity (Wildman–Crippen MR) is 200 cm³/mol. The third-order valence-corrected chi connectivity index (χ3v) is 9.62. The second-order valence-corrected chi connectivity index (χ2v) is 12.3. The van der Waals surface area contributed by atoms with Crippen molar-refractivity contribution in [3.8, 4) is 51.8 Å². The van der Waals surface area contributed by atoms with Gasteiger partial charge in [-0.25, -0.2) is 0 Å². The number of hydrogen-bond acceptors (Lipinski definition) is 3. The standard InChI is InChI=1S/C45H25N5/c46-26-29-15-21-42-38(23-29)39-24-30(27-47)16-22-43(39)50(42)44-14-6-8-34(28-48)45(44)32-19-17-31(18-20-32)33-7-5-9-35(25-33)49-40-12-3-1-10-36(40)37-11-2-4-13-41(37)49/h1-25H. The zero-order valence-corrected chi connectivity index (χ0v) is 26.7. The van der Waals surface area contributed by atoms with Crippen LogP contribution in [0.1, 0.15) is 16.7 Å². The molecule has 5 heteroatoms. The fourth-order valence-electron chi connectivity index (χ4n) is 7.40. The van der Waals surface area contributed by atoms with Gasteiger partial charge in [0.2, 0.25) is 0 Å². The van der Waals surface area contributed by atoms with Crippen LogP contribution in [0.5, 0.6) is 0 Å². The highest BCUT2D eigenvalue weighted by Crippen LogP contribution is 2.39. The molecule has 0 fully saturated rings. The lowest BCUT2D eigenvalue weighted by Gasteiger charge is -2.16. The zero-order chi connectivity index (χ0) is 33.8. The van der Waals surface area contributed by atoms with Crippen molar-refractivity contribution in [2.75, 3.05) is 0 Å². The Bertz CT molecular complexity index is 2830. The van der Waals surface area contributed by atoms with Crippen LogP contribution in [0.25, 0.3) is 77.2 Å². The first-order valence-corrected chi connectivity index (χ1v) is 16.3. The van der Waals surface area contributed by atoms with Gasteiger partial charge < -0.3 is 9.13 Å². The van der Waals surface area contributed by atoms with E-state index in [0.717, 1.165) is 55.4 Å². The minimum atomic E-state index is 0.544. The fraction of sp³-hybridized carbons (Fsp3) is 0. The van der Waals surface area contributed by atoms with Crippen LogP contribution in [0.3, 0.4) is 0 Å². The van der Waals surface area contributed by atoms with Crippen LogP contribution in [0.4, 0.5) is 0 Å². The predicted octanol–water partition coefficient (Wildman–Crippen LogP) is 10.8. The van der Waals surface area contributed by atoms with Crippen LogP contribution >= 0.6 is 0 Å². The van der Waals surface area contributed by atoms with E-state index in [0.29, 0.717) is 16.7 Å². The summed E-state index contributed by atoms with van der Waals surface area (Å²) in [5, 5.41) is 33.9. The SMILES string of the molecule is N#Cc1ccc2c(c1)c1cc(C#N)ccc1n2-c1cccc(C#N)c1-c1ccc(-c2cccc(-n3c4ccccc4c4ccccc43)c2)cc1. The number of nitriles is 3. The molecule has 230 valence electrons. The van der Waals surface area contributed by atoms with Crippen LogP contribution in [0.2, 0.25) is 0 Å². The average molecular weight is 636 g/mol. The van der Waals surface area contributed by atoms with Gasteiger partial charge in [-0.05, 0) is 89.5 Å². The number of hydrogen-bond donors (Lipinski definition) is 0. The quantitative estimate of drug-likeness (QED) is 0.193. The Balaban J connectivity index is 1.19.